The molecule has 0 aliphatic heterocycles. The molecule has 0 unspecified atom stereocenters. The number of amides is 2. The molecule has 3 rings (SSSR count). The average molecular weight is 405 g/mol. The third-order valence-corrected chi connectivity index (χ3v) is 4.09. The van der Waals surface area contributed by atoms with Gasteiger partial charge in [0.25, 0.3) is 17.5 Å². The number of nitro benzene ring substituents is 1. The lowest BCUT2D eigenvalue weighted by molar-refractivity contribution is -0.384. The molecule has 150 valence electrons. The molecule has 0 saturated heterocycles. The Morgan fingerprint density at radius 2 is 1.33 bits per heavy atom. The van der Waals surface area contributed by atoms with Crippen LogP contribution in [-0.2, 0) is 0 Å². The van der Waals surface area contributed by atoms with Crippen LogP contribution >= 0.6 is 0 Å². The molecule has 0 spiro atoms. The first kappa shape index (κ1) is 20.2. The van der Waals surface area contributed by atoms with Crippen molar-refractivity contribution in [3.63, 3.8) is 0 Å². The molecule has 0 heterocycles. The Morgan fingerprint density at radius 1 is 0.733 bits per heavy atom. The summed E-state index contributed by atoms with van der Waals surface area (Å²) in [6, 6.07) is 17.2. The van der Waals surface area contributed by atoms with Crippen LogP contribution in [0, 0.1) is 10.1 Å². The van der Waals surface area contributed by atoms with Gasteiger partial charge in [-0.05, 0) is 48.5 Å². The lowest BCUT2D eigenvalue weighted by atomic mass is 10.1. The molecule has 0 aliphatic carbocycles. The van der Waals surface area contributed by atoms with Crippen molar-refractivity contribution in [2.45, 2.75) is 0 Å². The number of benzene rings is 3. The zero-order chi connectivity index (χ0) is 21.7. The second kappa shape index (κ2) is 8.65. The van der Waals surface area contributed by atoms with Crippen LogP contribution in [0.25, 0.3) is 0 Å². The summed E-state index contributed by atoms with van der Waals surface area (Å²) in [4.78, 5) is 45.9. The lowest BCUT2D eigenvalue weighted by Crippen LogP contribution is -2.14. The SMILES string of the molecule is O=C(O)c1cccc(NC(=O)c2ccc(NC(=O)c3cccc([N+](=O)[O-])c3)cc2)c1. The van der Waals surface area contributed by atoms with E-state index in [4.69, 9.17) is 5.11 Å². The topological polar surface area (TPSA) is 139 Å². The first-order valence-corrected chi connectivity index (χ1v) is 8.64. The van der Waals surface area contributed by atoms with Crippen LogP contribution in [0.3, 0.4) is 0 Å². The van der Waals surface area contributed by atoms with Gasteiger partial charge in [0.1, 0.15) is 0 Å². The van der Waals surface area contributed by atoms with Crippen molar-refractivity contribution in [1.29, 1.82) is 0 Å². The number of carbonyl (C=O) groups is 3. The Bertz CT molecular complexity index is 1140. The Hall–Kier alpha value is -4.53. The third-order valence-electron chi connectivity index (χ3n) is 4.09. The van der Waals surface area contributed by atoms with Crippen molar-refractivity contribution < 1.29 is 24.4 Å². The predicted octanol–water partition coefficient (Wildman–Crippen LogP) is 3.80. The van der Waals surface area contributed by atoms with Crippen molar-refractivity contribution in [1.82, 2.24) is 0 Å². The quantitative estimate of drug-likeness (QED) is 0.421. The molecule has 0 atom stereocenters. The van der Waals surface area contributed by atoms with E-state index in [2.05, 4.69) is 10.6 Å². The summed E-state index contributed by atoms with van der Waals surface area (Å²) in [6.07, 6.45) is 0. The molecule has 0 aliphatic rings. The van der Waals surface area contributed by atoms with Crippen LogP contribution in [0.1, 0.15) is 31.1 Å². The number of non-ortho nitro benzene ring substituents is 1. The van der Waals surface area contributed by atoms with Crippen molar-refractivity contribution in [2.24, 2.45) is 0 Å². The highest BCUT2D eigenvalue weighted by Gasteiger charge is 2.13. The van der Waals surface area contributed by atoms with Crippen LogP contribution in [0.4, 0.5) is 17.1 Å². The molecule has 0 radical (unpaired) electrons. The van der Waals surface area contributed by atoms with E-state index in [-0.39, 0.29) is 16.8 Å². The highest BCUT2D eigenvalue weighted by atomic mass is 16.6. The van der Waals surface area contributed by atoms with Gasteiger partial charge in [0.2, 0.25) is 0 Å². The number of anilines is 2. The van der Waals surface area contributed by atoms with Gasteiger partial charge in [-0.3, -0.25) is 19.7 Å². The highest BCUT2D eigenvalue weighted by molar-refractivity contribution is 6.06. The van der Waals surface area contributed by atoms with Crippen molar-refractivity contribution in [2.75, 3.05) is 10.6 Å². The average Bonchev–Trinajstić information content (AvgIpc) is 2.74. The molecular weight excluding hydrogens is 390 g/mol. The Morgan fingerprint density at radius 3 is 2.00 bits per heavy atom. The Labute approximate surface area is 170 Å². The van der Waals surface area contributed by atoms with E-state index in [0.29, 0.717) is 16.9 Å². The van der Waals surface area contributed by atoms with Crippen LogP contribution < -0.4 is 10.6 Å². The van der Waals surface area contributed by atoms with E-state index in [1.165, 1.54) is 66.7 Å². The van der Waals surface area contributed by atoms with Gasteiger partial charge in [0.05, 0.1) is 10.5 Å². The summed E-state index contributed by atoms with van der Waals surface area (Å²) in [6.45, 7) is 0. The molecule has 0 saturated carbocycles. The van der Waals surface area contributed by atoms with Crippen molar-refractivity contribution >= 4 is 34.8 Å². The van der Waals surface area contributed by atoms with Crippen molar-refractivity contribution in [3.05, 3.63) is 99.6 Å². The largest absolute Gasteiger partial charge is 0.478 e. The van der Waals surface area contributed by atoms with Gasteiger partial charge in [-0.25, -0.2) is 4.79 Å². The number of aromatic carboxylic acids is 1. The normalized spacial score (nSPS) is 10.1. The fourth-order valence-corrected chi connectivity index (χ4v) is 2.60. The standard InChI is InChI=1S/C21H15N3O6/c25-19(23-17-5-1-4-15(11-17)21(27)28)13-7-9-16(10-8-13)22-20(26)14-3-2-6-18(12-14)24(29)30/h1-12H,(H,22,26)(H,23,25)(H,27,28). The second-order valence-corrected chi connectivity index (χ2v) is 6.18. The third kappa shape index (κ3) is 4.84. The number of rotatable bonds is 6. The number of nitrogens with zero attached hydrogens (tertiary/aromatic N) is 1. The number of nitrogens with one attached hydrogen (secondary N) is 2. The molecule has 0 aromatic heterocycles. The van der Waals surface area contributed by atoms with E-state index in [0.717, 1.165) is 0 Å². The summed E-state index contributed by atoms with van der Waals surface area (Å²) in [5.74, 6) is -2.08. The second-order valence-electron chi connectivity index (χ2n) is 6.18. The van der Waals surface area contributed by atoms with Gasteiger partial charge >= 0.3 is 5.97 Å². The zero-order valence-corrected chi connectivity index (χ0v) is 15.4. The molecule has 2 amide bonds. The molecule has 9 nitrogen and oxygen atoms in total. The maximum atomic E-state index is 12.3. The number of carbonyl (C=O) groups excluding carboxylic acids is 2. The number of hydrogen-bond donors (Lipinski definition) is 3. The van der Waals surface area contributed by atoms with E-state index in [9.17, 15) is 24.5 Å². The number of carboxylic acids is 1. The van der Waals surface area contributed by atoms with Gasteiger partial charge in [0, 0.05) is 34.6 Å². The monoisotopic (exact) mass is 405 g/mol. The first-order chi connectivity index (χ1) is 14.3. The van der Waals surface area contributed by atoms with E-state index in [1.54, 1.807) is 6.07 Å². The smallest absolute Gasteiger partial charge is 0.335 e. The highest BCUT2D eigenvalue weighted by Crippen LogP contribution is 2.17. The summed E-state index contributed by atoms with van der Waals surface area (Å²) < 4.78 is 0. The van der Waals surface area contributed by atoms with Crippen LogP contribution in [0.5, 0.6) is 0 Å². The maximum absolute atomic E-state index is 12.3. The first-order valence-electron chi connectivity index (χ1n) is 8.64. The van der Waals surface area contributed by atoms with Crippen LogP contribution in [0.15, 0.2) is 72.8 Å². The van der Waals surface area contributed by atoms with Gasteiger partial charge in [0.15, 0.2) is 0 Å². The molecule has 3 aromatic rings. The molecule has 30 heavy (non-hydrogen) atoms. The zero-order valence-electron chi connectivity index (χ0n) is 15.4. The fraction of sp³-hybridized carbons (Fsp3) is 0. The van der Waals surface area contributed by atoms with Gasteiger partial charge in [-0.2, -0.15) is 0 Å². The van der Waals surface area contributed by atoms with E-state index >= 15 is 0 Å². The minimum atomic E-state index is -1.10. The number of carboxylic acid groups (broad SMARTS) is 1. The summed E-state index contributed by atoms with van der Waals surface area (Å²) in [5.41, 5.74) is 1.01. The Kier molecular flexibility index (Phi) is 5.83. The predicted molar refractivity (Wildman–Crippen MR) is 109 cm³/mol. The molecule has 3 aromatic carbocycles. The minimum absolute atomic E-state index is 0.0482. The van der Waals surface area contributed by atoms with Gasteiger partial charge < -0.3 is 15.7 Å². The maximum Gasteiger partial charge on any atom is 0.335 e. The summed E-state index contributed by atoms with van der Waals surface area (Å²) >= 11 is 0. The Balaban J connectivity index is 1.67. The van der Waals surface area contributed by atoms with Crippen LogP contribution in [0.2, 0.25) is 0 Å². The summed E-state index contributed by atoms with van der Waals surface area (Å²) in [5, 5.41) is 25.0. The van der Waals surface area contributed by atoms with Gasteiger partial charge in [-0.15, -0.1) is 0 Å². The number of nitro groups is 1. The summed E-state index contributed by atoms with van der Waals surface area (Å²) in [7, 11) is 0. The van der Waals surface area contributed by atoms with E-state index in [1.807, 2.05) is 0 Å². The molecule has 9 heteroatoms. The molecular formula is C21H15N3O6. The molecule has 0 fully saturated rings. The lowest BCUT2D eigenvalue weighted by Gasteiger charge is -2.08. The van der Waals surface area contributed by atoms with Crippen molar-refractivity contribution in [3.8, 4) is 0 Å². The molecule has 0 bridgehead atoms. The molecule has 3 N–H and O–H groups in total. The van der Waals surface area contributed by atoms with Gasteiger partial charge in [-0.1, -0.05) is 12.1 Å². The van der Waals surface area contributed by atoms with Crippen LogP contribution in [-0.4, -0.2) is 27.8 Å². The fourth-order valence-electron chi connectivity index (χ4n) is 2.60. The van der Waals surface area contributed by atoms with E-state index < -0.39 is 22.7 Å². The minimum Gasteiger partial charge on any atom is -0.478 e. The number of hydrogen-bond acceptors (Lipinski definition) is 5.